The molecule has 1 amide bonds. The van der Waals surface area contributed by atoms with Crippen molar-refractivity contribution >= 4 is 28.4 Å². The van der Waals surface area contributed by atoms with Crippen LogP contribution >= 0.6 is 11.6 Å². The van der Waals surface area contributed by atoms with Crippen molar-refractivity contribution in [1.29, 1.82) is 0 Å². The highest BCUT2D eigenvalue weighted by Gasteiger charge is 2.06. The van der Waals surface area contributed by atoms with Crippen molar-refractivity contribution in [2.45, 2.75) is 13.0 Å². The minimum Gasteiger partial charge on any atom is -0.349 e. The van der Waals surface area contributed by atoms with E-state index < -0.39 is 0 Å². The zero-order valence-electron chi connectivity index (χ0n) is 9.98. The van der Waals surface area contributed by atoms with Gasteiger partial charge in [-0.1, -0.05) is 11.6 Å². The zero-order valence-corrected chi connectivity index (χ0v) is 10.7. The predicted molar refractivity (Wildman–Crippen MR) is 70.3 cm³/mol. The maximum atomic E-state index is 11.5. The summed E-state index contributed by atoms with van der Waals surface area (Å²) in [5.74, 6) is 0.140. The summed E-state index contributed by atoms with van der Waals surface area (Å²) in [7, 11) is 3.55. The Morgan fingerprint density at radius 3 is 2.82 bits per heavy atom. The van der Waals surface area contributed by atoms with Gasteiger partial charge in [0, 0.05) is 49.2 Å². The standard InChI is InChI=1S/C13H15ClN2O/c1-15(2)13(17)6-8-16-7-5-10-9-11(14)3-4-12(10)16/h3-5,7,9H,6,8H2,1-2H3. The molecule has 0 unspecified atom stereocenters. The first kappa shape index (κ1) is 12.0. The van der Waals surface area contributed by atoms with Crippen molar-refractivity contribution in [3.63, 3.8) is 0 Å². The van der Waals surface area contributed by atoms with Gasteiger partial charge in [0.15, 0.2) is 0 Å². The molecule has 0 aliphatic carbocycles. The smallest absolute Gasteiger partial charge is 0.223 e. The lowest BCUT2D eigenvalue weighted by atomic mass is 10.2. The molecule has 1 aromatic heterocycles. The maximum Gasteiger partial charge on any atom is 0.223 e. The molecular weight excluding hydrogens is 236 g/mol. The van der Waals surface area contributed by atoms with Gasteiger partial charge in [0.1, 0.15) is 0 Å². The summed E-state index contributed by atoms with van der Waals surface area (Å²) in [5, 5.41) is 1.84. The van der Waals surface area contributed by atoms with Crippen LogP contribution in [-0.4, -0.2) is 29.5 Å². The van der Waals surface area contributed by atoms with E-state index in [9.17, 15) is 4.79 Å². The summed E-state index contributed by atoms with van der Waals surface area (Å²) in [4.78, 5) is 13.1. The van der Waals surface area contributed by atoms with E-state index in [2.05, 4.69) is 4.57 Å². The third-order valence-corrected chi connectivity index (χ3v) is 3.03. The van der Waals surface area contributed by atoms with E-state index in [1.54, 1.807) is 19.0 Å². The van der Waals surface area contributed by atoms with Crippen LogP contribution in [0.2, 0.25) is 5.02 Å². The second-order valence-electron chi connectivity index (χ2n) is 4.25. The normalized spacial score (nSPS) is 10.8. The SMILES string of the molecule is CN(C)C(=O)CCn1ccc2cc(Cl)ccc21. The number of fused-ring (bicyclic) bond motifs is 1. The van der Waals surface area contributed by atoms with Crippen LogP contribution in [0.25, 0.3) is 10.9 Å². The first-order valence-electron chi connectivity index (χ1n) is 5.52. The van der Waals surface area contributed by atoms with Crippen LogP contribution in [0, 0.1) is 0 Å². The molecule has 1 heterocycles. The van der Waals surface area contributed by atoms with Crippen LogP contribution in [0.4, 0.5) is 0 Å². The summed E-state index contributed by atoms with van der Waals surface area (Å²) in [6, 6.07) is 7.80. The Kier molecular flexibility index (Phi) is 3.38. The number of nitrogens with zero attached hydrogens (tertiary/aromatic N) is 2. The van der Waals surface area contributed by atoms with Crippen molar-refractivity contribution in [2.24, 2.45) is 0 Å². The average Bonchev–Trinajstić information content (AvgIpc) is 2.67. The number of amides is 1. The summed E-state index contributed by atoms with van der Waals surface area (Å²) in [6.07, 6.45) is 2.50. The quantitative estimate of drug-likeness (QED) is 0.822. The van der Waals surface area contributed by atoms with E-state index >= 15 is 0 Å². The van der Waals surface area contributed by atoms with Crippen LogP contribution < -0.4 is 0 Å². The fraction of sp³-hybridized carbons (Fsp3) is 0.308. The number of rotatable bonds is 3. The van der Waals surface area contributed by atoms with Gasteiger partial charge in [0.2, 0.25) is 5.91 Å². The number of aryl methyl sites for hydroxylation is 1. The second kappa shape index (κ2) is 4.80. The summed E-state index contributed by atoms with van der Waals surface area (Å²) >= 11 is 5.93. The largest absolute Gasteiger partial charge is 0.349 e. The minimum absolute atomic E-state index is 0.140. The Morgan fingerprint density at radius 2 is 2.12 bits per heavy atom. The summed E-state index contributed by atoms with van der Waals surface area (Å²) in [5.41, 5.74) is 1.11. The molecule has 0 aliphatic heterocycles. The molecule has 0 saturated carbocycles. The minimum atomic E-state index is 0.140. The Labute approximate surface area is 106 Å². The van der Waals surface area contributed by atoms with Crippen LogP contribution in [0.3, 0.4) is 0 Å². The van der Waals surface area contributed by atoms with Crippen molar-refractivity contribution in [2.75, 3.05) is 14.1 Å². The first-order valence-corrected chi connectivity index (χ1v) is 5.90. The van der Waals surface area contributed by atoms with E-state index in [0.717, 1.165) is 15.9 Å². The van der Waals surface area contributed by atoms with Gasteiger partial charge in [-0.2, -0.15) is 0 Å². The van der Waals surface area contributed by atoms with Gasteiger partial charge in [-0.25, -0.2) is 0 Å². The van der Waals surface area contributed by atoms with Crippen molar-refractivity contribution < 1.29 is 4.79 Å². The maximum absolute atomic E-state index is 11.5. The molecule has 0 atom stereocenters. The highest BCUT2D eigenvalue weighted by Crippen LogP contribution is 2.20. The Balaban J connectivity index is 2.17. The van der Waals surface area contributed by atoms with E-state index in [1.807, 2.05) is 30.5 Å². The van der Waals surface area contributed by atoms with E-state index in [-0.39, 0.29) is 5.91 Å². The molecule has 90 valence electrons. The molecule has 4 heteroatoms. The molecule has 0 bridgehead atoms. The van der Waals surface area contributed by atoms with Gasteiger partial charge >= 0.3 is 0 Å². The van der Waals surface area contributed by atoms with Crippen LogP contribution in [0.1, 0.15) is 6.42 Å². The number of hydrogen-bond acceptors (Lipinski definition) is 1. The van der Waals surface area contributed by atoms with Gasteiger partial charge < -0.3 is 9.47 Å². The molecule has 2 rings (SSSR count). The lowest BCUT2D eigenvalue weighted by Crippen LogP contribution is -2.22. The van der Waals surface area contributed by atoms with Crippen LogP contribution in [-0.2, 0) is 11.3 Å². The molecule has 1 aromatic carbocycles. The highest BCUT2D eigenvalue weighted by molar-refractivity contribution is 6.31. The lowest BCUT2D eigenvalue weighted by molar-refractivity contribution is -0.128. The highest BCUT2D eigenvalue weighted by atomic mass is 35.5. The molecule has 0 saturated heterocycles. The molecule has 2 aromatic rings. The molecule has 0 N–H and O–H groups in total. The van der Waals surface area contributed by atoms with Crippen molar-refractivity contribution in [3.05, 3.63) is 35.5 Å². The first-order chi connectivity index (χ1) is 8.08. The molecule has 3 nitrogen and oxygen atoms in total. The molecule has 0 fully saturated rings. The number of carbonyl (C=O) groups is 1. The van der Waals surface area contributed by atoms with Crippen LogP contribution in [0.5, 0.6) is 0 Å². The van der Waals surface area contributed by atoms with E-state index in [4.69, 9.17) is 11.6 Å². The average molecular weight is 251 g/mol. The Morgan fingerprint density at radius 1 is 1.35 bits per heavy atom. The van der Waals surface area contributed by atoms with Gasteiger partial charge in [0.05, 0.1) is 0 Å². The van der Waals surface area contributed by atoms with Crippen molar-refractivity contribution in [1.82, 2.24) is 9.47 Å². The molecule has 0 spiro atoms. The summed E-state index contributed by atoms with van der Waals surface area (Å²) < 4.78 is 2.08. The molecule has 0 aliphatic rings. The topological polar surface area (TPSA) is 25.2 Å². The number of benzene rings is 1. The lowest BCUT2D eigenvalue weighted by Gasteiger charge is -2.11. The third kappa shape index (κ3) is 2.61. The van der Waals surface area contributed by atoms with E-state index in [1.165, 1.54) is 0 Å². The van der Waals surface area contributed by atoms with Crippen molar-refractivity contribution in [3.8, 4) is 0 Å². The monoisotopic (exact) mass is 250 g/mol. The van der Waals surface area contributed by atoms with Gasteiger partial charge in [-0.15, -0.1) is 0 Å². The molecule has 17 heavy (non-hydrogen) atoms. The fourth-order valence-electron chi connectivity index (χ4n) is 1.81. The van der Waals surface area contributed by atoms with Gasteiger partial charge in [-0.05, 0) is 24.3 Å². The summed E-state index contributed by atoms with van der Waals surface area (Å²) in [6.45, 7) is 0.697. The van der Waals surface area contributed by atoms with Crippen LogP contribution in [0.15, 0.2) is 30.5 Å². The number of halogens is 1. The number of aromatic nitrogens is 1. The Bertz CT molecular complexity index is 545. The number of carbonyl (C=O) groups excluding carboxylic acids is 1. The predicted octanol–water partition coefficient (Wildman–Crippen LogP) is 2.77. The van der Waals surface area contributed by atoms with E-state index in [0.29, 0.717) is 13.0 Å². The van der Waals surface area contributed by atoms with Gasteiger partial charge in [-0.3, -0.25) is 4.79 Å². The zero-order chi connectivity index (χ0) is 12.4. The third-order valence-electron chi connectivity index (χ3n) is 2.80. The molecule has 0 radical (unpaired) electrons. The Hall–Kier alpha value is -1.48. The van der Waals surface area contributed by atoms with Gasteiger partial charge in [0.25, 0.3) is 0 Å². The fourth-order valence-corrected chi connectivity index (χ4v) is 1.99. The molecular formula is C13H15ClN2O. The second-order valence-corrected chi connectivity index (χ2v) is 4.69. The number of hydrogen-bond donors (Lipinski definition) is 0.